The van der Waals surface area contributed by atoms with Gasteiger partial charge in [-0.05, 0) is 48.4 Å². The van der Waals surface area contributed by atoms with Gasteiger partial charge in [0, 0.05) is 17.9 Å². The summed E-state index contributed by atoms with van der Waals surface area (Å²) in [6.45, 7) is 3.51. The molecular weight excluding hydrogens is 337 g/mol. The van der Waals surface area contributed by atoms with Crippen LogP contribution >= 0.6 is 11.8 Å². The molecule has 1 amide bonds. The van der Waals surface area contributed by atoms with E-state index in [4.69, 9.17) is 4.74 Å². The Morgan fingerprint density at radius 1 is 1.20 bits per heavy atom. The average molecular weight is 359 g/mol. The van der Waals surface area contributed by atoms with Crippen LogP contribution in [-0.4, -0.2) is 29.7 Å². The highest BCUT2D eigenvalue weighted by Gasteiger charge is 2.31. The normalized spacial score (nSPS) is 16.9. The minimum Gasteiger partial charge on any atom is -0.494 e. The van der Waals surface area contributed by atoms with Crippen LogP contribution in [0.25, 0.3) is 0 Å². The van der Waals surface area contributed by atoms with Gasteiger partial charge in [0.25, 0.3) is 5.91 Å². The quantitative estimate of drug-likeness (QED) is 0.688. The fraction of sp³-hybridized carbons (Fsp3) is 0.350. The molecule has 2 aromatic carbocycles. The van der Waals surface area contributed by atoms with Gasteiger partial charge in [0.15, 0.2) is 0 Å². The van der Waals surface area contributed by atoms with Crippen LogP contribution in [-0.2, 0) is 0 Å². The van der Waals surface area contributed by atoms with E-state index in [1.54, 1.807) is 23.9 Å². The van der Waals surface area contributed by atoms with E-state index < -0.39 is 0 Å². The van der Waals surface area contributed by atoms with Gasteiger partial charge < -0.3 is 9.64 Å². The standard InChI is InChI=1S/C20H22FNO2S/c1-2-3-13-24-18-10-6-15(7-11-18)19(23)22-12-14-25-20(22)16-4-8-17(21)9-5-16/h4-11,20H,2-3,12-14H2,1H3. The van der Waals surface area contributed by atoms with Crippen molar-refractivity contribution in [2.24, 2.45) is 0 Å². The number of carbonyl (C=O) groups excluding carboxylic acids is 1. The first-order valence-corrected chi connectivity index (χ1v) is 9.65. The van der Waals surface area contributed by atoms with E-state index >= 15 is 0 Å². The van der Waals surface area contributed by atoms with Gasteiger partial charge in [-0.25, -0.2) is 4.39 Å². The van der Waals surface area contributed by atoms with E-state index in [9.17, 15) is 9.18 Å². The maximum Gasteiger partial charge on any atom is 0.255 e. The highest BCUT2D eigenvalue weighted by atomic mass is 32.2. The number of rotatable bonds is 6. The van der Waals surface area contributed by atoms with Gasteiger partial charge in [0.1, 0.15) is 16.9 Å². The second-order valence-electron chi connectivity index (χ2n) is 6.00. The van der Waals surface area contributed by atoms with Crippen molar-refractivity contribution in [3.63, 3.8) is 0 Å². The fourth-order valence-corrected chi connectivity index (χ4v) is 4.03. The highest BCUT2D eigenvalue weighted by molar-refractivity contribution is 7.99. The topological polar surface area (TPSA) is 29.5 Å². The van der Waals surface area contributed by atoms with Crippen molar-refractivity contribution in [2.75, 3.05) is 18.9 Å². The maximum atomic E-state index is 13.1. The first-order chi connectivity index (χ1) is 12.2. The van der Waals surface area contributed by atoms with Gasteiger partial charge >= 0.3 is 0 Å². The molecule has 132 valence electrons. The number of benzene rings is 2. The van der Waals surface area contributed by atoms with Gasteiger partial charge in [0.05, 0.1) is 6.61 Å². The predicted molar refractivity (Wildman–Crippen MR) is 99.5 cm³/mol. The molecule has 0 bridgehead atoms. The summed E-state index contributed by atoms with van der Waals surface area (Å²) >= 11 is 1.71. The fourth-order valence-electron chi connectivity index (χ4n) is 2.78. The highest BCUT2D eigenvalue weighted by Crippen LogP contribution is 2.38. The molecule has 1 saturated heterocycles. The van der Waals surface area contributed by atoms with Crippen LogP contribution in [0.15, 0.2) is 48.5 Å². The van der Waals surface area contributed by atoms with E-state index in [0.29, 0.717) is 18.7 Å². The molecule has 1 atom stereocenters. The van der Waals surface area contributed by atoms with Crippen LogP contribution in [0.1, 0.15) is 41.1 Å². The van der Waals surface area contributed by atoms with Crippen molar-refractivity contribution < 1.29 is 13.9 Å². The smallest absolute Gasteiger partial charge is 0.255 e. The monoisotopic (exact) mass is 359 g/mol. The Kier molecular flexibility index (Phi) is 5.97. The summed E-state index contributed by atoms with van der Waals surface area (Å²) in [6.07, 6.45) is 2.11. The second-order valence-corrected chi connectivity index (χ2v) is 7.19. The van der Waals surface area contributed by atoms with Crippen LogP contribution in [0.2, 0.25) is 0 Å². The van der Waals surface area contributed by atoms with E-state index in [1.807, 2.05) is 29.2 Å². The van der Waals surface area contributed by atoms with Crippen molar-refractivity contribution in [2.45, 2.75) is 25.1 Å². The van der Waals surface area contributed by atoms with Gasteiger partial charge in [0.2, 0.25) is 0 Å². The number of nitrogens with zero attached hydrogens (tertiary/aromatic N) is 1. The summed E-state index contributed by atoms with van der Waals surface area (Å²) in [4.78, 5) is 14.7. The minimum atomic E-state index is -0.261. The summed E-state index contributed by atoms with van der Waals surface area (Å²) < 4.78 is 18.8. The summed E-state index contributed by atoms with van der Waals surface area (Å²) in [6, 6.07) is 13.7. The minimum absolute atomic E-state index is 0.000525. The largest absolute Gasteiger partial charge is 0.494 e. The third kappa shape index (κ3) is 4.34. The molecule has 1 aliphatic rings. The molecule has 0 radical (unpaired) electrons. The van der Waals surface area contributed by atoms with Gasteiger partial charge in [-0.3, -0.25) is 4.79 Å². The first-order valence-electron chi connectivity index (χ1n) is 8.60. The number of carbonyl (C=O) groups is 1. The summed E-state index contributed by atoms with van der Waals surface area (Å²) in [5.74, 6) is 1.41. The molecule has 3 nitrogen and oxygen atoms in total. The molecule has 3 rings (SSSR count). The molecule has 0 aromatic heterocycles. The van der Waals surface area contributed by atoms with E-state index in [2.05, 4.69) is 6.92 Å². The van der Waals surface area contributed by atoms with E-state index in [1.165, 1.54) is 12.1 Å². The zero-order chi connectivity index (χ0) is 17.6. The molecule has 1 aliphatic heterocycles. The third-order valence-electron chi connectivity index (χ3n) is 4.17. The molecule has 1 fully saturated rings. The number of hydrogen-bond donors (Lipinski definition) is 0. The van der Waals surface area contributed by atoms with Crippen LogP contribution in [0.4, 0.5) is 4.39 Å². The molecule has 0 aliphatic carbocycles. The van der Waals surface area contributed by atoms with Crippen LogP contribution in [0, 0.1) is 5.82 Å². The van der Waals surface area contributed by atoms with Gasteiger partial charge in [-0.1, -0.05) is 25.5 Å². The zero-order valence-electron chi connectivity index (χ0n) is 14.3. The summed E-state index contributed by atoms with van der Waals surface area (Å²) in [7, 11) is 0. The first kappa shape index (κ1) is 17.8. The average Bonchev–Trinajstić information content (AvgIpc) is 3.12. The lowest BCUT2D eigenvalue weighted by Gasteiger charge is -2.24. The van der Waals surface area contributed by atoms with Crippen LogP contribution in [0.5, 0.6) is 5.75 Å². The Hall–Kier alpha value is -2.01. The Balaban J connectivity index is 1.69. The number of halogens is 1. The lowest BCUT2D eigenvalue weighted by atomic mass is 10.1. The molecule has 1 heterocycles. The molecular formula is C20H22FNO2S. The summed E-state index contributed by atoms with van der Waals surface area (Å²) in [5, 5.41) is -0.0615. The maximum absolute atomic E-state index is 13.1. The Labute approximate surface area is 152 Å². The Morgan fingerprint density at radius 2 is 1.92 bits per heavy atom. The van der Waals surface area contributed by atoms with Crippen molar-refractivity contribution in [1.29, 1.82) is 0 Å². The van der Waals surface area contributed by atoms with Crippen LogP contribution < -0.4 is 4.74 Å². The lowest BCUT2D eigenvalue weighted by Crippen LogP contribution is -2.30. The molecule has 0 saturated carbocycles. The predicted octanol–water partition coefficient (Wildman–Crippen LogP) is 4.89. The number of hydrogen-bond acceptors (Lipinski definition) is 3. The molecule has 0 N–H and O–H groups in total. The van der Waals surface area contributed by atoms with E-state index in [0.717, 1.165) is 29.9 Å². The molecule has 0 spiro atoms. The van der Waals surface area contributed by atoms with E-state index in [-0.39, 0.29) is 17.1 Å². The van der Waals surface area contributed by atoms with Crippen molar-refractivity contribution in [1.82, 2.24) is 4.90 Å². The molecule has 1 unspecified atom stereocenters. The van der Waals surface area contributed by atoms with Gasteiger partial charge in [-0.2, -0.15) is 0 Å². The number of thioether (sulfide) groups is 1. The number of amides is 1. The van der Waals surface area contributed by atoms with Crippen molar-refractivity contribution in [3.8, 4) is 5.75 Å². The Morgan fingerprint density at radius 3 is 2.60 bits per heavy atom. The van der Waals surface area contributed by atoms with Crippen LogP contribution in [0.3, 0.4) is 0 Å². The van der Waals surface area contributed by atoms with Crippen molar-refractivity contribution >= 4 is 17.7 Å². The summed E-state index contributed by atoms with van der Waals surface area (Å²) in [5.41, 5.74) is 1.61. The van der Waals surface area contributed by atoms with Crippen molar-refractivity contribution in [3.05, 3.63) is 65.5 Å². The molecule has 2 aromatic rings. The lowest BCUT2D eigenvalue weighted by molar-refractivity contribution is 0.0760. The molecule has 5 heteroatoms. The SMILES string of the molecule is CCCCOc1ccc(C(=O)N2CCSC2c2ccc(F)cc2)cc1. The third-order valence-corrected chi connectivity index (χ3v) is 5.44. The zero-order valence-corrected chi connectivity index (χ0v) is 15.1. The second kappa shape index (κ2) is 8.39. The molecule has 25 heavy (non-hydrogen) atoms. The Bertz CT molecular complexity index is 703. The number of unbranched alkanes of at least 4 members (excludes halogenated alkanes) is 1. The number of ether oxygens (including phenoxy) is 1. The van der Waals surface area contributed by atoms with Gasteiger partial charge in [-0.15, -0.1) is 11.8 Å².